The fourth-order valence-corrected chi connectivity index (χ4v) is 1.62. The fourth-order valence-electron chi connectivity index (χ4n) is 1.62. The van der Waals surface area contributed by atoms with Crippen molar-refractivity contribution in [3.05, 3.63) is 0 Å². The minimum Gasteiger partial charge on any atom is -0.481 e. The molecule has 0 saturated heterocycles. The number of aliphatic carboxylic acids is 2. The van der Waals surface area contributed by atoms with Crippen LogP contribution in [0.5, 0.6) is 0 Å². The van der Waals surface area contributed by atoms with Crippen molar-refractivity contribution in [1.82, 2.24) is 5.32 Å². The average molecular weight is 274 g/mol. The molecule has 110 valence electrons. The maximum absolute atomic E-state index is 11.5. The molecule has 0 radical (unpaired) electrons. The van der Waals surface area contributed by atoms with Gasteiger partial charge in [0.15, 0.2) is 0 Å². The van der Waals surface area contributed by atoms with E-state index >= 15 is 0 Å². The van der Waals surface area contributed by atoms with E-state index in [9.17, 15) is 14.4 Å². The van der Waals surface area contributed by atoms with Crippen molar-refractivity contribution in [3.8, 4) is 0 Å². The number of amides is 1. The number of nitrogens with one attached hydrogen (secondary N) is 1. The summed E-state index contributed by atoms with van der Waals surface area (Å²) in [5.41, 5.74) is 5.18. The Hall–Kier alpha value is -1.63. The second-order valence-electron chi connectivity index (χ2n) is 5.75. The molecule has 0 heterocycles. The zero-order valence-electron chi connectivity index (χ0n) is 11.5. The predicted molar refractivity (Wildman–Crippen MR) is 68.4 cm³/mol. The molecule has 0 bridgehead atoms. The van der Waals surface area contributed by atoms with E-state index in [4.69, 9.17) is 15.9 Å². The average Bonchev–Trinajstić information content (AvgIpc) is 2.20. The Labute approximate surface area is 112 Å². The highest BCUT2D eigenvalue weighted by atomic mass is 16.4. The van der Waals surface area contributed by atoms with Crippen molar-refractivity contribution in [2.24, 2.45) is 17.1 Å². The van der Waals surface area contributed by atoms with Gasteiger partial charge in [-0.1, -0.05) is 20.8 Å². The van der Waals surface area contributed by atoms with Gasteiger partial charge in [0.05, 0.1) is 18.4 Å². The van der Waals surface area contributed by atoms with Crippen LogP contribution in [0.3, 0.4) is 0 Å². The Morgan fingerprint density at radius 2 is 1.74 bits per heavy atom. The van der Waals surface area contributed by atoms with Gasteiger partial charge >= 0.3 is 11.9 Å². The van der Waals surface area contributed by atoms with E-state index in [1.54, 1.807) is 0 Å². The van der Waals surface area contributed by atoms with Gasteiger partial charge in [0.25, 0.3) is 0 Å². The Bertz CT molecular complexity index is 349. The molecule has 1 amide bonds. The third-order valence-corrected chi connectivity index (χ3v) is 2.46. The van der Waals surface area contributed by atoms with Gasteiger partial charge in [-0.3, -0.25) is 14.4 Å². The molecule has 7 heteroatoms. The Morgan fingerprint density at radius 3 is 2.11 bits per heavy atom. The smallest absolute Gasteiger partial charge is 0.308 e. The number of hydrogen-bond acceptors (Lipinski definition) is 4. The van der Waals surface area contributed by atoms with Crippen molar-refractivity contribution in [2.45, 2.75) is 39.7 Å². The van der Waals surface area contributed by atoms with E-state index in [0.717, 1.165) is 0 Å². The van der Waals surface area contributed by atoms with E-state index in [-0.39, 0.29) is 12.0 Å². The maximum Gasteiger partial charge on any atom is 0.308 e. The molecule has 19 heavy (non-hydrogen) atoms. The Morgan fingerprint density at radius 1 is 1.21 bits per heavy atom. The third-order valence-electron chi connectivity index (χ3n) is 2.46. The van der Waals surface area contributed by atoms with E-state index in [0.29, 0.717) is 6.42 Å². The van der Waals surface area contributed by atoms with Gasteiger partial charge in [-0.25, -0.2) is 0 Å². The zero-order valence-corrected chi connectivity index (χ0v) is 11.5. The van der Waals surface area contributed by atoms with E-state index in [1.807, 2.05) is 20.8 Å². The number of rotatable bonds is 7. The zero-order chi connectivity index (χ0) is 15.2. The molecule has 5 N–H and O–H groups in total. The van der Waals surface area contributed by atoms with Crippen LogP contribution < -0.4 is 11.1 Å². The first-order chi connectivity index (χ1) is 8.53. The third kappa shape index (κ3) is 8.15. The first-order valence-corrected chi connectivity index (χ1v) is 6.01. The molecule has 0 aromatic carbocycles. The summed E-state index contributed by atoms with van der Waals surface area (Å²) in [6.45, 7) is 5.65. The molecule has 0 aliphatic rings. The normalized spacial score (nSPS) is 14.5. The SMILES string of the molecule is CC(C)(C)CC(CNC(=O)C(N)CC(=O)O)C(=O)O. The van der Waals surface area contributed by atoms with Gasteiger partial charge in [0.1, 0.15) is 0 Å². The van der Waals surface area contributed by atoms with Crippen LogP contribution in [0.2, 0.25) is 0 Å². The van der Waals surface area contributed by atoms with Crippen LogP contribution in [0.25, 0.3) is 0 Å². The van der Waals surface area contributed by atoms with E-state index < -0.39 is 36.2 Å². The van der Waals surface area contributed by atoms with E-state index in [2.05, 4.69) is 5.32 Å². The summed E-state index contributed by atoms with van der Waals surface area (Å²) < 4.78 is 0. The van der Waals surface area contributed by atoms with Crippen molar-refractivity contribution in [1.29, 1.82) is 0 Å². The number of carboxylic acid groups (broad SMARTS) is 2. The summed E-state index contributed by atoms with van der Waals surface area (Å²) in [7, 11) is 0. The van der Waals surface area contributed by atoms with Crippen molar-refractivity contribution < 1.29 is 24.6 Å². The van der Waals surface area contributed by atoms with Gasteiger partial charge in [-0.15, -0.1) is 0 Å². The molecule has 0 spiro atoms. The molecule has 0 fully saturated rings. The summed E-state index contributed by atoms with van der Waals surface area (Å²) in [6.07, 6.45) is -0.0837. The number of nitrogens with two attached hydrogens (primary N) is 1. The first-order valence-electron chi connectivity index (χ1n) is 6.01. The first kappa shape index (κ1) is 17.4. The van der Waals surface area contributed by atoms with Gasteiger partial charge < -0.3 is 21.3 Å². The summed E-state index contributed by atoms with van der Waals surface area (Å²) in [4.78, 5) is 32.9. The van der Waals surface area contributed by atoms with Gasteiger partial charge in [-0.2, -0.15) is 0 Å². The quantitative estimate of drug-likeness (QED) is 0.518. The lowest BCUT2D eigenvalue weighted by Crippen LogP contribution is -2.44. The van der Waals surface area contributed by atoms with Crippen LogP contribution in [-0.4, -0.2) is 40.6 Å². The Balaban J connectivity index is 4.37. The molecule has 0 aromatic rings. The van der Waals surface area contributed by atoms with Gasteiger partial charge in [0, 0.05) is 6.54 Å². The highest BCUT2D eigenvalue weighted by Crippen LogP contribution is 2.24. The van der Waals surface area contributed by atoms with Gasteiger partial charge in [0.2, 0.25) is 5.91 Å². The Kier molecular flexibility index (Phi) is 6.47. The molecule has 7 nitrogen and oxygen atoms in total. The summed E-state index contributed by atoms with van der Waals surface area (Å²) in [5, 5.41) is 19.9. The summed E-state index contributed by atoms with van der Waals surface area (Å²) >= 11 is 0. The molecule has 0 rings (SSSR count). The summed E-state index contributed by atoms with van der Waals surface area (Å²) in [6, 6.07) is -1.17. The fraction of sp³-hybridized carbons (Fsp3) is 0.750. The van der Waals surface area contributed by atoms with Crippen LogP contribution in [0, 0.1) is 11.3 Å². The van der Waals surface area contributed by atoms with Crippen LogP contribution in [-0.2, 0) is 14.4 Å². The standard InChI is InChI=1S/C12H22N2O5/c1-12(2,3)5-7(11(18)19)6-14-10(17)8(13)4-9(15)16/h7-8H,4-6,13H2,1-3H3,(H,14,17)(H,15,16)(H,18,19). The molecule has 0 aromatic heterocycles. The highest BCUT2D eigenvalue weighted by molar-refractivity contribution is 5.86. The van der Waals surface area contributed by atoms with Gasteiger partial charge in [-0.05, 0) is 11.8 Å². The van der Waals surface area contributed by atoms with Crippen LogP contribution >= 0.6 is 0 Å². The summed E-state index contributed by atoms with van der Waals surface area (Å²) in [5.74, 6) is -3.54. The molecule has 0 saturated carbocycles. The van der Waals surface area contributed by atoms with Crippen molar-refractivity contribution in [2.75, 3.05) is 6.54 Å². The van der Waals surface area contributed by atoms with Crippen LogP contribution in [0.15, 0.2) is 0 Å². The second kappa shape index (κ2) is 7.08. The monoisotopic (exact) mass is 274 g/mol. The van der Waals surface area contributed by atoms with E-state index in [1.165, 1.54) is 0 Å². The number of carboxylic acids is 2. The predicted octanol–water partition coefficient (Wildman–Crippen LogP) is 0.0416. The lowest BCUT2D eigenvalue weighted by atomic mass is 9.84. The molecular formula is C12H22N2O5. The maximum atomic E-state index is 11.5. The van der Waals surface area contributed by atoms with Crippen LogP contribution in [0.1, 0.15) is 33.6 Å². The molecule has 2 atom stereocenters. The lowest BCUT2D eigenvalue weighted by Gasteiger charge is -2.23. The lowest BCUT2D eigenvalue weighted by molar-refractivity contribution is -0.143. The van der Waals surface area contributed by atoms with Crippen molar-refractivity contribution in [3.63, 3.8) is 0 Å². The number of carbonyl (C=O) groups is 3. The second-order valence-corrected chi connectivity index (χ2v) is 5.75. The van der Waals surface area contributed by atoms with Crippen molar-refractivity contribution >= 4 is 17.8 Å². The topological polar surface area (TPSA) is 130 Å². The molecule has 0 aliphatic carbocycles. The molecule has 0 aliphatic heterocycles. The highest BCUT2D eigenvalue weighted by Gasteiger charge is 2.26. The molecular weight excluding hydrogens is 252 g/mol. The minimum atomic E-state index is -1.17. The number of hydrogen-bond donors (Lipinski definition) is 4. The number of carbonyl (C=O) groups excluding carboxylic acids is 1. The minimum absolute atomic E-state index is 0.0568. The molecule has 2 unspecified atom stereocenters. The van der Waals surface area contributed by atoms with Crippen LogP contribution in [0.4, 0.5) is 0 Å². The largest absolute Gasteiger partial charge is 0.481 e.